The summed E-state index contributed by atoms with van der Waals surface area (Å²) in [6.07, 6.45) is 12.4. The highest BCUT2D eigenvalue weighted by Gasteiger charge is 2.64. The van der Waals surface area contributed by atoms with Crippen LogP contribution in [0.5, 0.6) is 0 Å². The smallest absolute Gasteiger partial charge is 0.453 e. The normalized spacial score (nSPS) is 22.8. The number of likely N-dealkylation sites (tertiary alicyclic amines) is 4. The first-order chi connectivity index (χ1) is 60.4. The van der Waals surface area contributed by atoms with Crippen LogP contribution in [0.2, 0.25) is 0 Å². The number of aliphatic imine (C=N–C) groups is 3. The van der Waals surface area contributed by atoms with Crippen molar-refractivity contribution in [3.63, 3.8) is 0 Å². The van der Waals surface area contributed by atoms with Gasteiger partial charge >= 0.3 is 38.4 Å². The van der Waals surface area contributed by atoms with E-state index in [1.165, 1.54) is 25.4 Å². The highest BCUT2D eigenvalue weighted by molar-refractivity contribution is 9.10. The fourth-order valence-electron chi connectivity index (χ4n) is 17.3. The van der Waals surface area contributed by atoms with Crippen molar-refractivity contribution in [2.45, 2.75) is 279 Å². The number of amides is 6. The van der Waals surface area contributed by atoms with Gasteiger partial charge in [-0.2, -0.15) is 0 Å². The molecule has 16 rings (SSSR count). The minimum atomic E-state index is -0.881. The van der Waals surface area contributed by atoms with E-state index < -0.39 is 61.1 Å². The average molecular weight is 1920 g/mol. The van der Waals surface area contributed by atoms with E-state index >= 15 is 0 Å². The molecule has 0 unspecified atom stereocenters. The van der Waals surface area contributed by atoms with Crippen LogP contribution in [-0.2, 0) is 66.1 Å². The Labute approximate surface area is 784 Å². The molecule has 8 saturated heterocycles. The molecule has 8 fully saturated rings. The number of carbonyl (C=O) groups excluding carboxylic acids is 6. The van der Waals surface area contributed by atoms with Crippen molar-refractivity contribution in [3.8, 4) is 22.4 Å². The Morgan fingerprint density at radius 3 is 1.12 bits per heavy atom. The van der Waals surface area contributed by atoms with Gasteiger partial charge < -0.3 is 81.9 Å². The standard InChI is InChI=1S/C41H50N6O7.C23H28BrN3O5.C19H23BrN2O2.C12H24B2O4.2CH4/c1-25(2)35(45-38(49)51-6)37(48)47-24-41(52-18-19-53-41)21-34(47)31-20-30(22-42-31)28-11-9-26(10-12-28)27-13-15-29(16-14-27)32-23-43-36(44-32)33-8-7-17-46(33)39(50)54-40(3,4)5;1-14(2)20(26-22(29)30-3)21(28)27-13-23(31-8-9-32-23)11-19(27)18-10-16(12-25-18)15-4-6-17(24)7-5-15;1-19(2,3)24-18(23)22-10-4-5-17(22)16-11-14(12-21-16)13-6-8-15(20)9-7-13;1-9(2)10(3,4)16-13(15-9)14-17-11(5,6)12(7,8)18-14;;/h9-16,22-23,25,33-35H,7-8,17-21,24H2,1-6H3,(H,43,44)(H,45,49);4-7,12,14,19-20H,8-11,13H2,1-3H3,(H,26,29);6-9,12,17H,4-5,10-11H2,1-3H3;1-8H3;2*1H4/t33-,34-,35-;19-,20-;17-;;;/m000.../s1. The molecule has 130 heavy (non-hydrogen) atoms. The number of aromatic amines is 1. The minimum Gasteiger partial charge on any atom is -0.453 e. The number of benzene rings is 4. The van der Waals surface area contributed by atoms with Crippen molar-refractivity contribution in [2.24, 2.45) is 26.8 Å². The largest absolute Gasteiger partial charge is 0.488 e. The maximum atomic E-state index is 13.9. The van der Waals surface area contributed by atoms with Crippen LogP contribution in [0.4, 0.5) is 19.2 Å². The topological polar surface area (TPSA) is 316 Å². The average Bonchev–Trinajstić information content (AvgIpc) is 1.60. The van der Waals surface area contributed by atoms with E-state index in [1.54, 1.807) is 14.7 Å². The van der Waals surface area contributed by atoms with Gasteiger partial charge in [-0.1, -0.05) is 147 Å². The molecule has 6 atom stereocenters. The van der Waals surface area contributed by atoms with E-state index in [1.807, 2.05) is 191 Å². The number of rotatable bonds is 16. The van der Waals surface area contributed by atoms with E-state index in [-0.39, 0.29) is 104 Å². The Balaban J connectivity index is 0.000000182. The maximum absolute atomic E-state index is 13.9. The first kappa shape index (κ1) is 102. The second-order valence-corrected chi connectivity index (χ2v) is 40.8. The molecular weight excluding hydrogens is 1790 g/mol. The van der Waals surface area contributed by atoms with Crippen LogP contribution in [0.15, 0.2) is 146 Å². The van der Waals surface area contributed by atoms with Crippen molar-refractivity contribution >= 4 is 116 Å². The summed E-state index contributed by atoms with van der Waals surface area (Å²) >= 11 is 6.93. The van der Waals surface area contributed by atoms with E-state index in [9.17, 15) is 28.8 Å². The Hall–Kier alpha value is -8.89. The summed E-state index contributed by atoms with van der Waals surface area (Å²) in [5, 5.41) is 5.39. The van der Waals surface area contributed by atoms with Gasteiger partial charge in [-0.25, -0.2) is 24.2 Å². The van der Waals surface area contributed by atoms with Crippen LogP contribution in [0, 0.1) is 11.8 Å². The van der Waals surface area contributed by atoms with Gasteiger partial charge in [0.05, 0.1) is 112 Å². The molecule has 29 nitrogen and oxygen atoms in total. The third kappa shape index (κ3) is 23.6. The molecule has 33 heteroatoms. The van der Waals surface area contributed by atoms with Crippen LogP contribution >= 0.6 is 31.9 Å². The molecule has 3 N–H and O–H groups in total. The Bertz CT molecular complexity index is 4980. The van der Waals surface area contributed by atoms with Crippen molar-refractivity contribution < 1.29 is 85.3 Å². The minimum absolute atomic E-state index is 0. The van der Waals surface area contributed by atoms with Crippen LogP contribution in [0.25, 0.3) is 39.1 Å². The number of hydrogen-bond donors (Lipinski definition) is 3. The lowest BCUT2D eigenvalue weighted by molar-refractivity contribution is -0.153. The van der Waals surface area contributed by atoms with E-state index in [2.05, 4.69) is 118 Å². The highest BCUT2D eigenvalue weighted by Crippen LogP contribution is 2.46. The second-order valence-electron chi connectivity index (χ2n) is 38.9. The predicted octanol–water partition coefficient (Wildman–Crippen LogP) is 18.6. The number of carbonyl (C=O) groups is 6. The van der Waals surface area contributed by atoms with E-state index in [4.69, 9.17) is 66.5 Å². The molecule has 0 aliphatic carbocycles. The summed E-state index contributed by atoms with van der Waals surface area (Å²) in [6.45, 7) is 39.0. The number of aromatic nitrogens is 2. The van der Waals surface area contributed by atoms with E-state index in [0.29, 0.717) is 65.2 Å². The first-order valence-corrected chi connectivity index (χ1v) is 46.1. The zero-order chi connectivity index (χ0) is 92.4. The molecular formula is C97H133B2Br2N11O18. The van der Waals surface area contributed by atoms with Crippen LogP contribution < -0.4 is 10.6 Å². The molecule has 12 heterocycles. The number of methoxy groups -OCH3 is 2. The molecule has 0 saturated carbocycles. The number of ether oxygens (including phenoxy) is 8. The maximum Gasteiger partial charge on any atom is 0.488 e. The van der Waals surface area contributed by atoms with Crippen molar-refractivity contribution in [1.82, 2.24) is 40.2 Å². The van der Waals surface area contributed by atoms with Crippen LogP contribution in [-0.4, -0.2) is 239 Å². The number of nitrogens with one attached hydrogen (secondary N) is 3. The fraction of sp³-hybridized carbons (Fsp3) is 0.567. The number of imidazole rings is 1. The van der Waals surface area contributed by atoms with Gasteiger partial charge in [0.15, 0.2) is 11.6 Å². The Morgan fingerprint density at radius 2 is 0.777 bits per heavy atom. The third-order valence-corrected chi connectivity index (χ3v) is 26.7. The van der Waals surface area contributed by atoms with Crippen molar-refractivity contribution in [2.75, 3.05) is 66.8 Å². The van der Waals surface area contributed by atoms with Crippen molar-refractivity contribution in [3.05, 3.63) is 153 Å². The molecule has 0 radical (unpaired) electrons. The van der Waals surface area contributed by atoms with E-state index in [0.717, 1.165) is 115 Å². The lowest BCUT2D eigenvalue weighted by Gasteiger charge is -2.32. The molecule has 11 aliphatic heterocycles. The van der Waals surface area contributed by atoms with Crippen LogP contribution in [0.1, 0.15) is 226 Å². The third-order valence-electron chi connectivity index (χ3n) is 25.6. The number of H-pyrrole nitrogens is 1. The molecule has 704 valence electrons. The van der Waals surface area contributed by atoms with Gasteiger partial charge in [0.25, 0.3) is 0 Å². The molecule has 1 aromatic heterocycles. The highest BCUT2D eigenvalue weighted by atomic mass is 79.9. The summed E-state index contributed by atoms with van der Waals surface area (Å²) in [5.41, 5.74) is 11.1. The lowest BCUT2D eigenvalue weighted by atomic mass is 9.49. The molecule has 11 aliphatic rings. The van der Waals surface area contributed by atoms with Gasteiger partial charge in [-0.3, -0.25) is 34.4 Å². The number of nitrogens with zero attached hydrogens (tertiary/aromatic N) is 8. The van der Waals surface area contributed by atoms with Crippen molar-refractivity contribution in [1.29, 1.82) is 0 Å². The van der Waals surface area contributed by atoms with Gasteiger partial charge in [-0.15, -0.1) is 0 Å². The summed E-state index contributed by atoms with van der Waals surface area (Å²) in [5.74, 6) is -1.62. The number of hydrogen-bond acceptors (Lipinski definition) is 22. The SMILES string of the molecule is C.C.CC(C)(C)OC(=O)N1CCC[C@H]1C1=NC=C(c2ccc(Br)cc2)C1.CC1(C)OB(B2OC(C)(C)C(C)(C)O2)OC1(C)C.COC(=O)N[C@H](C(=O)N1CC2(C[C@H]1C1=NC=C(c3ccc(-c4ccc(-c5cnc([C@@H]6CCCN6C(=O)OC(C)(C)C)[nH]5)cc4)cc3)C1)OCCO2)C(C)C.COC(=O)N[C@H](C(=O)N1CC2(C[C@H]1C1=NC=C(c3ccc(Br)cc3)C1)OCCO2)C(C)C. The fourth-order valence-corrected chi connectivity index (χ4v) is 17.9. The number of allylic oxidation sites excluding steroid dienone is 3. The summed E-state index contributed by atoms with van der Waals surface area (Å²) in [4.78, 5) is 106. The van der Waals surface area contributed by atoms with Gasteiger partial charge in [0.1, 0.15) is 29.1 Å². The second kappa shape index (κ2) is 41.3. The lowest BCUT2D eigenvalue weighted by Crippen LogP contribution is -2.54. The monoisotopic (exact) mass is 1920 g/mol. The van der Waals surface area contributed by atoms with Crippen LogP contribution in [0.3, 0.4) is 0 Å². The van der Waals surface area contributed by atoms with Gasteiger partial charge in [0.2, 0.25) is 11.8 Å². The number of halogens is 2. The summed E-state index contributed by atoms with van der Waals surface area (Å²) in [7, 11) is 1.62. The molecule has 4 aromatic carbocycles. The molecule has 5 aromatic rings. The number of alkyl carbamates (subject to hydrolysis) is 2. The summed E-state index contributed by atoms with van der Waals surface area (Å²) < 4.78 is 70.6. The molecule has 0 bridgehead atoms. The first-order valence-electron chi connectivity index (χ1n) is 44.5. The van der Waals surface area contributed by atoms with Gasteiger partial charge in [-0.05, 0) is 209 Å². The zero-order valence-corrected chi connectivity index (χ0v) is 80.7. The van der Waals surface area contributed by atoms with Gasteiger partial charge in [0, 0.05) is 89.9 Å². The zero-order valence-electron chi connectivity index (χ0n) is 77.5. The molecule has 2 spiro atoms. The molecule has 6 amide bonds. The summed E-state index contributed by atoms with van der Waals surface area (Å²) in [6, 6.07) is 30.9. The predicted molar refractivity (Wildman–Crippen MR) is 512 cm³/mol. The Morgan fingerprint density at radius 1 is 0.462 bits per heavy atom. The quantitative estimate of drug-likeness (QED) is 0.0610. The Kier molecular flexibility index (Phi) is 32.3.